The third-order valence-corrected chi connectivity index (χ3v) is 4.98. The van der Waals surface area contributed by atoms with Crippen LogP contribution in [-0.4, -0.2) is 48.9 Å². The van der Waals surface area contributed by atoms with Gasteiger partial charge in [0.05, 0.1) is 13.1 Å². The number of urea groups is 1. The summed E-state index contributed by atoms with van der Waals surface area (Å²) in [6, 6.07) is 6.64. The van der Waals surface area contributed by atoms with Crippen LogP contribution in [0.3, 0.4) is 0 Å². The summed E-state index contributed by atoms with van der Waals surface area (Å²) in [4.78, 5) is 36.7. The highest BCUT2D eigenvalue weighted by molar-refractivity contribution is 6.01. The van der Waals surface area contributed by atoms with Gasteiger partial charge in [0.1, 0.15) is 0 Å². The number of nitrogens with one attached hydrogen (secondary N) is 3. The van der Waals surface area contributed by atoms with E-state index in [1.165, 1.54) is 4.90 Å². The van der Waals surface area contributed by atoms with Crippen LogP contribution < -0.4 is 16.0 Å². The first kappa shape index (κ1) is 17.4. The minimum Gasteiger partial charge on any atom is -0.351 e. The molecule has 134 valence electrons. The fraction of sp³-hybridized carbons (Fsp3) is 0.500. The van der Waals surface area contributed by atoms with Crippen molar-refractivity contribution in [1.82, 2.24) is 20.9 Å². The Kier molecular flexibility index (Phi) is 5.03. The van der Waals surface area contributed by atoms with Crippen molar-refractivity contribution in [2.24, 2.45) is 5.41 Å². The van der Waals surface area contributed by atoms with Crippen molar-refractivity contribution in [3.8, 4) is 0 Å². The van der Waals surface area contributed by atoms with Crippen molar-refractivity contribution in [1.29, 1.82) is 0 Å². The minimum absolute atomic E-state index is 0.0492. The summed E-state index contributed by atoms with van der Waals surface area (Å²) >= 11 is 0. The third-order valence-electron chi connectivity index (χ3n) is 4.98. The molecule has 0 bridgehead atoms. The van der Waals surface area contributed by atoms with Gasteiger partial charge in [-0.1, -0.05) is 19.1 Å². The van der Waals surface area contributed by atoms with E-state index in [9.17, 15) is 14.4 Å². The van der Waals surface area contributed by atoms with E-state index in [1.807, 2.05) is 0 Å². The highest BCUT2D eigenvalue weighted by atomic mass is 16.2. The van der Waals surface area contributed by atoms with Gasteiger partial charge in [0.15, 0.2) is 0 Å². The van der Waals surface area contributed by atoms with Crippen LogP contribution in [0.4, 0.5) is 4.79 Å². The Hall–Kier alpha value is -2.41. The molecule has 2 aliphatic rings. The summed E-state index contributed by atoms with van der Waals surface area (Å²) in [5.74, 6) is -0.330. The fourth-order valence-corrected chi connectivity index (χ4v) is 3.16. The van der Waals surface area contributed by atoms with E-state index in [-0.39, 0.29) is 36.3 Å². The Bertz CT molecular complexity index is 649. The average Bonchev–Trinajstić information content (AvgIpc) is 2.93. The van der Waals surface area contributed by atoms with Crippen LogP contribution in [0.1, 0.15) is 35.7 Å². The normalized spacial score (nSPS) is 19.6. The second-order valence-electron chi connectivity index (χ2n) is 7.08. The van der Waals surface area contributed by atoms with E-state index >= 15 is 0 Å². The van der Waals surface area contributed by atoms with E-state index in [0.717, 1.165) is 31.5 Å². The molecule has 2 fully saturated rings. The number of imide groups is 1. The number of nitrogens with zero attached hydrogens (tertiary/aromatic N) is 1. The van der Waals surface area contributed by atoms with Crippen LogP contribution in [0, 0.1) is 5.41 Å². The smallest absolute Gasteiger partial charge is 0.324 e. The fourth-order valence-electron chi connectivity index (χ4n) is 3.16. The van der Waals surface area contributed by atoms with Gasteiger partial charge >= 0.3 is 6.03 Å². The molecule has 0 aliphatic carbocycles. The lowest BCUT2D eigenvalue weighted by atomic mass is 9.81. The van der Waals surface area contributed by atoms with Crippen molar-refractivity contribution in [2.45, 2.75) is 26.3 Å². The number of rotatable bonds is 5. The van der Waals surface area contributed by atoms with Gasteiger partial charge in [-0.15, -0.1) is 0 Å². The molecule has 0 unspecified atom stereocenters. The largest absolute Gasteiger partial charge is 0.351 e. The molecule has 0 radical (unpaired) electrons. The van der Waals surface area contributed by atoms with Gasteiger partial charge in [0.25, 0.3) is 5.91 Å². The number of benzene rings is 1. The number of amides is 4. The monoisotopic (exact) mass is 344 g/mol. The molecule has 0 aromatic heterocycles. The van der Waals surface area contributed by atoms with Crippen LogP contribution in [0.2, 0.25) is 0 Å². The Morgan fingerprint density at radius 1 is 1.20 bits per heavy atom. The first-order chi connectivity index (χ1) is 12.0. The predicted octanol–water partition coefficient (Wildman–Crippen LogP) is 0.858. The van der Waals surface area contributed by atoms with Crippen molar-refractivity contribution in [3.05, 3.63) is 35.4 Å². The molecule has 2 heterocycles. The van der Waals surface area contributed by atoms with Crippen LogP contribution >= 0.6 is 0 Å². The minimum atomic E-state index is -0.373. The van der Waals surface area contributed by atoms with Crippen molar-refractivity contribution >= 4 is 17.8 Å². The summed E-state index contributed by atoms with van der Waals surface area (Å²) in [5, 5.41) is 8.84. The number of carbonyl (C=O) groups excluding carboxylic acids is 3. The van der Waals surface area contributed by atoms with Gasteiger partial charge in [0.2, 0.25) is 5.91 Å². The summed E-state index contributed by atoms with van der Waals surface area (Å²) in [6.07, 6.45) is 2.11. The second kappa shape index (κ2) is 7.23. The molecule has 1 aromatic carbocycles. The summed E-state index contributed by atoms with van der Waals surface area (Å²) in [6.45, 7) is 5.12. The lowest BCUT2D eigenvalue weighted by molar-refractivity contribution is -0.125. The lowest BCUT2D eigenvalue weighted by Crippen LogP contribution is -2.42. The molecule has 25 heavy (non-hydrogen) atoms. The molecule has 1 aromatic rings. The molecular formula is C18H24N4O3. The first-order valence-corrected chi connectivity index (χ1v) is 8.63. The van der Waals surface area contributed by atoms with Gasteiger partial charge in [-0.3, -0.25) is 14.5 Å². The van der Waals surface area contributed by atoms with Gasteiger partial charge in [-0.2, -0.15) is 0 Å². The Morgan fingerprint density at radius 2 is 1.88 bits per heavy atom. The van der Waals surface area contributed by atoms with Crippen LogP contribution in [0.25, 0.3) is 0 Å². The molecule has 0 spiro atoms. The molecule has 0 atom stereocenters. The quantitative estimate of drug-likeness (QED) is 0.691. The Morgan fingerprint density at radius 3 is 2.48 bits per heavy atom. The number of hydrogen-bond acceptors (Lipinski definition) is 4. The molecule has 3 rings (SSSR count). The average molecular weight is 344 g/mol. The molecule has 0 saturated carbocycles. The van der Waals surface area contributed by atoms with Crippen LogP contribution in [-0.2, 0) is 11.3 Å². The lowest BCUT2D eigenvalue weighted by Gasteiger charge is -2.34. The zero-order valence-electron chi connectivity index (χ0n) is 14.4. The summed E-state index contributed by atoms with van der Waals surface area (Å²) in [5.41, 5.74) is 1.54. The van der Waals surface area contributed by atoms with E-state index < -0.39 is 0 Å². The SMILES string of the molecule is CC1(CNC(=O)c2ccc(CN3C(=O)CNC3=O)cc2)CCNCC1. The first-order valence-electron chi connectivity index (χ1n) is 8.63. The molecule has 2 aliphatic heterocycles. The number of piperidine rings is 1. The van der Waals surface area contributed by atoms with E-state index in [1.54, 1.807) is 24.3 Å². The van der Waals surface area contributed by atoms with E-state index in [2.05, 4.69) is 22.9 Å². The maximum atomic E-state index is 12.3. The van der Waals surface area contributed by atoms with Gasteiger partial charge in [-0.25, -0.2) is 4.79 Å². The third kappa shape index (κ3) is 4.17. The maximum Gasteiger partial charge on any atom is 0.324 e. The summed E-state index contributed by atoms with van der Waals surface area (Å²) < 4.78 is 0. The molecule has 7 heteroatoms. The van der Waals surface area contributed by atoms with Gasteiger partial charge in [0, 0.05) is 12.1 Å². The van der Waals surface area contributed by atoms with E-state index in [4.69, 9.17) is 0 Å². The molecule has 4 amide bonds. The summed E-state index contributed by atoms with van der Waals surface area (Å²) in [7, 11) is 0. The number of carbonyl (C=O) groups is 3. The Balaban J connectivity index is 1.55. The predicted molar refractivity (Wildman–Crippen MR) is 92.9 cm³/mol. The van der Waals surface area contributed by atoms with Crippen molar-refractivity contribution in [2.75, 3.05) is 26.2 Å². The maximum absolute atomic E-state index is 12.3. The molecular weight excluding hydrogens is 320 g/mol. The van der Waals surface area contributed by atoms with Crippen molar-refractivity contribution in [3.63, 3.8) is 0 Å². The molecule has 3 N–H and O–H groups in total. The van der Waals surface area contributed by atoms with Crippen molar-refractivity contribution < 1.29 is 14.4 Å². The van der Waals surface area contributed by atoms with Gasteiger partial charge in [-0.05, 0) is 49.0 Å². The highest BCUT2D eigenvalue weighted by Crippen LogP contribution is 2.26. The second-order valence-corrected chi connectivity index (χ2v) is 7.08. The van der Waals surface area contributed by atoms with Crippen LogP contribution in [0.5, 0.6) is 0 Å². The molecule has 7 nitrogen and oxygen atoms in total. The molecule has 2 saturated heterocycles. The highest BCUT2D eigenvalue weighted by Gasteiger charge is 2.29. The van der Waals surface area contributed by atoms with Crippen LogP contribution in [0.15, 0.2) is 24.3 Å². The number of hydrogen-bond donors (Lipinski definition) is 3. The standard InChI is InChI=1S/C18H24N4O3/c1-18(6-8-19-9-7-18)12-21-16(24)14-4-2-13(3-5-14)11-22-15(23)10-20-17(22)25/h2-5,19H,6-12H2,1H3,(H,20,25)(H,21,24). The topological polar surface area (TPSA) is 90.5 Å². The zero-order chi connectivity index (χ0) is 17.9. The van der Waals surface area contributed by atoms with E-state index in [0.29, 0.717) is 12.1 Å². The zero-order valence-corrected chi connectivity index (χ0v) is 14.4. The Labute approximate surface area is 147 Å². The van der Waals surface area contributed by atoms with Gasteiger partial charge < -0.3 is 16.0 Å².